The first kappa shape index (κ1) is 14.4. The highest BCUT2D eigenvalue weighted by Gasteiger charge is 2.19. The van der Waals surface area contributed by atoms with Crippen LogP contribution < -0.4 is 5.32 Å². The van der Waals surface area contributed by atoms with Crippen LogP contribution in [0.2, 0.25) is 0 Å². The highest BCUT2D eigenvalue weighted by Crippen LogP contribution is 2.01. The summed E-state index contributed by atoms with van der Waals surface area (Å²) in [6.45, 7) is 5.68. The summed E-state index contributed by atoms with van der Waals surface area (Å²) in [5, 5.41) is 12.0. The van der Waals surface area contributed by atoms with Crippen molar-refractivity contribution in [2.75, 3.05) is 27.2 Å². The third-order valence-electron chi connectivity index (χ3n) is 2.33. The molecule has 90 valence electrons. The topological polar surface area (TPSA) is 52.6 Å². The monoisotopic (exact) mass is 216 g/mol. The maximum absolute atomic E-state index is 10.8. The Hall–Kier alpha value is -0.610. The summed E-state index contributed by atoms with van der Waals surface area (Å²) in [5.74, 6) is -0.617. The number of rotatable bonds is 8. The van der Waals surface area contributed by atoms with Gasteiger partial charge in [0, 0.05) is 0 Å². The van der Waals surface area contributed by atoms with Gasteiger partial charge in [-0.25, -0.2) is 0 Å². The van der Waals surface area contributed by atoms with E-state index in [2.05, 4.69) is 10.2 Å². The predicted octanol–water partition coefficient (Wildman–Crippen LogP) is 1.03. The Bertz CT molecular complexity index is 181. The fourth-order valence-electron chi connectivity index (χ4n) is 1.42. The van der Waals surface area contributed by atoms with Crippen molar-refractivity contribution >= 4 is 5.97 Å². The van der Waals surface area contributed by atoms with E-state index >= 15 is 0 Å². The molecule has 0 aromatic heterocycles. The van der Waals surface area contributed by atoms with Crippen molar-refractivity contribution in [2.45, 2.75) is 32.7 Å². The SMILES string of the molecule is CC(C)C(NCCCCN(C)C)C(=O)O. The summed E-state index contributed by atoms with van der Waals surface area (Å²) in [6, 6.07) is -0.413. The number of carboxylic acid groups (broad SMARTS) is 1. The fraction of sp³-hybridized carbons (Fsp3) is 0.909. The smallest absolute Gasteiger partial charge is 0.320 e. The second-order valence-corrected chi connectivity index (χ2v) is 4.52. The summed E-state index contributed by atoms with van der Waals surface area (Å²) in [7, 11) is 4.09. The van der Waals surface area contributed by atoms with Crippen molar-refractivity contribution in [1.82, 2.24) is 10.2 Å². The lowest BCUT2D eigenvalue weighted by Gasteiger charge is -2.18. The third-order valence-corrected chi connectivity index (χ3v) is 2.33. The molecular formula is C11H24N2O2. The van der Waals surface area contributed by atoms with Gasteiger partial charge in [0.1, 0.15) is 6.04 Å². The van der Waals surface area contributed by atoms with E-state index < -0.39 is 12.0 Å². The van der Waals surface area contributed by atoms with E-state index in [4.69, 9.17) is 5.11 Å². The van der Waals surface area contributed by atoms with Gasteiger partial charge in [-0.05, 0) is 45.9 Å². The molecule has 0 radical (unpaired) electrons. The van der Waals surface area contributed by atoms with E-state index in [1.54, 1.807) is 0 Å². The maximum atomic E-state index is 10.8. The Morgan fingerprint density at radius 2 is 1.93 bits per heavy atom. The van der Waals surface area contributed by atoms with Crippen LogP contribution in [0.3, 0.4) is 0 Å². The summed E-state index contributed by atoms with van der Waals surface area (Å²) < 4.78 is 0. The summed E-state index contributed by atoms with van der Waals surface area (Å²) in [5.41, 5.74) is 0. The maximum Gasteiger partial charge on any atom is 0.320 e. The van der Waals surface area contributed by atoms with Crippen molar-refractivity contribution in [1.29, 1.82) is 0 Å². The minimum atomic E-state index is -0.752. The Morgan fingerprint density at radius 3 is 2.33 bits per heavy atom. The molecule has 0 amide bonds. The Balaban J connectivity index is 3.59. The molecule has 0 aliphatic heterocycles. The summed E-state index contributed by atoms with van der Waals surface area (Å²) >= 11 is 0. The zero-order valence-electron chi connectivity index (χ0n) is 10.3. The molecule has 0 spiro atoms. The average molecular weight is 216 g/mol. The molecule has 0 bridgehead atoms. The lowest BCUT2D eigenvalue weighted by molar-refractivity contribution is -0.140. The summed E-state index contributed by atoms with van der Waals surface area (Å²) in [6.07, 6.45) is 2.12. The van der Waals surface area contributed by atoms with Crippen molar-refractivity contribution < 1.29 is 9.90 Å². The normalized spacial score (nSPS) is 13.5. The number of aliphatic carboxylic acids is 1. The molecule has 0 saturated carbocycles. The van der Waals surface area contributed by atoms with Crippen LogP contribution in [0.15, 0.2) is 0 Å². The molecule has 0 aliphatic rings. The van der Waals surface area contributed by atoms with Gasteiger partial charge in [-0.1, -0.05) is 13.8 Å². The van der Waals surface area contributed by atoms with E-state index in [1.165, 1.54) is 0 Å². The first-order valence-corrected chi connectivity index (χ1v) is 5.56. The van der Waals surface area contributed by atoms with E-state index in [0.29, 0.717) is 0 Å². The van der Waals surface area contributed by atoms with Crippen molar-refractivity contribution in [3.63, 3.8) is 0 Å². The Morgan fingerprint density at radius 1 is 1.33 bits per heavy atom. The molecule has 0 aliphatic carbocycles. The lowest BCUT2D eigenvalue weighted by Crippen LogP contribution is -2.41. The zero-order valence-corrected chi connectivity index (χ0v) is 10.3. The highest BCUT2D eigenvalue weighted by atomic mass is 16.4. The number of unbranched alkanes of at least 4 members (excludes halogenated alkanes) is 1. The number of nitrogens with zero attached hydrogens (tertiary/aromatic N) is 1. The first-order valence-electron chi connectivity index (χ1n) is 5.56. The first-order chi connectivity index (χ1) is 6.95. The fourth-order valence-corrected chi connectivity index (χ4v) is 1.42. The molecule has 4 heteroatoms. The summed E-state index contributed by atoms with van der Waals surface area (Å²) in [4.78, 5) is 13.0. The molecule has 15 heavy (non-hydrogen) atoms. The van der Waals surface area contributed by atoms with Crippen LogP contribution in [0.25, 0.3) is 0 Å². The second kappa shape index (κ2) is 7.65. The number of hydrogen-bond acceptors (Lipinski definition) is 3. The molecule has 0 aromatic rings. The van der Waals surface area contributed by atoms with Crippen molar-refractivity contribution in [3.05, 3.63) is 0 Å². The Labute approximate surface area is 92.7 Å². The number of nitrogens with one attached hydrogen (secondary N) is 1. The van der Waals surface area contributed by atoms with Crippen LogP contribution >= 0.6 is 0 Å². The minimum absolute atomic E-state index is 0.136. The van der Waals surface area contributed by atoms with Gasteiger partial charge >= 0.3 is 5.97 Å². The molecule has 0 rings (SSSR count). The van der Waals surface area contributed by atoms with E-state index in [9.17, 15) is 4.79 Å². The predicted molar refractivity (Wildman–Crippen MR) is 62.1 cm³/mol. The van der Waals surface area contributed by atoms with Gasteiger partial charge in [-0.15, -0.1) is 0 Å². The number of hydrogen-bond donors (Lipinski definition) is 2. The molecule has 0 aromatic carbocycles. The number of carbonyl (C=O) groups is 1. The van der Waals surface area contributed by atoms with Crippen LogP contribution in [0.4, 0.5) is 0 Å². The van der Waals surface area contributed by atoms with Gasteiger partial charge in [-0.2, -0.15) is 0 Å². The molecular weight excluding hydrogens is 192 g/mol. The van der Waals surface area contributed by atoms with Crippen LogP contribution in [0.1, 0.15) is 26.7 Å². The number of carboxylic acids is 1. The molecule has 0 fully saturated rings. The molecule has 0 saturated heterocycles. The van der Waals surface area contributed by atoms with Crippen LogP contribution in [0.5, 0.6) is 0 Å². The minimum Gasteiger partial charge on any atom is -0.480 e. The average Bonchev–Trinajstić information content (AvgIpc) is 2.08. The van der Waals surface area contributed by atoms with Crippen LogP contribution in [-0.2, 0) is 4.79 Å². The van der Waals surface area contributed by atoms with E-state index in [-0.39, 0.29) is 5.92 Å². The standard InChI is InChI=1S/C11H24N2O2/c1-9(2)10(11(14)15)12-7-5-6-8-13(3)4/h9-10,12H,5-8H2,1-4H3,(H,14,15). The molecule has 0 heterocycles. The highest BCUT2D eigenvalue weighted by molar-refractivity contribution is 5.73. The van der Waals surface area contributed by atoms with Crippen molar-refractivity contribution in [2.24, 2.45) is 5.92 Å². The quantitative estimate of drug-likeness (QED) is 0.595. The molecule has 1 atom stereocenters. The second-order valence-electron chi connectivity index (χ2n) is 4.52. The van der Waals surface area contributed by atoms with E-state index in [1.807, 2.05) is 27.9 Å². The van der Waals surface area contributed by atoms with Gasteiger partial charge in [0.15, 0.2) is 0 Å². The largest absolute Gasteiger partial charge is 0.480 e. The van der Waals surface area contributed by atoms with Crippen LogP contribution in [-0.4, -0.2) is 49.2 Å². The van der Waals surface area contributed by atoms with Gasteiger partial charge in [-0.3, -0.25) is 4.79 Å². The van der Waals surface area contributed by atoms with Crippen molar-refractivity contribution in [3.8, 4) is 0 Å². The third kappa shape index (κ3) is 7.33. The lowest BCUT2D eigenvalue weighted by atomic mass is 10.0. The van der Waals surface area contributed by atoms with Gasteiger partial charge in [0.2, 0.25) is 0 Å². The molecule has 2 N–H and O–H groups in total. The zero-order chi connectivity index (χ0) is 11.8. The Kier molecular flexibility index (Phi) is 7.34. The molecule has 1 unspecified atom stereocenters. The van der Waals surface area contributed by atoms with Gasteiger partial charge in [0.25, 0.3) is 0 Å². The van der Waals surface area contributed by atoms with Crippen LogP contribution in [0, 0.1) is 5.92 Å². The van der Waals surface area contributed by atoms with E-state index in [0.717, 1.165) is 25.9 Å². The van der Waals surface area contributed by atoms with Gasteiger partial charge < -0.3 is 15.3 Å². The van der Waals surface area contributed by atoms with Gasteiger partial charge in [0.05, 0.1) is 0 Å². The molecule has 4 nitrogen and oxygen atoms in total.